The second-order valence-electron chi connectivity index (χ2n) is 3.51. The molecule has 0 aliphatic heterocycles. The molecular weight excluding hydrogens is 162 g/mol. The molecule has 0 aliphatic carbocycles. The molecule has 0 amide bonds. The van der Waals surface area contributed by atoms with Gasteiger partial charge in [0.25, 0.3) is 0 Å². The maximum Gasteiger partial charge on any atom is 0.0792 e. The monoisotopic (exact) mass is 177 g/mol. The maximum absolute atomic E-state index is 9.81. The Labute approximate surface area is 79.1 Å². The number of nitrogens with zero attached hydrogens (tertiary/aromatic N) is 1. The van der Waals surface area contributed by atoms with Gasteiger partial charge in [-0.05, 0) is 26.0 Å². The summed E-state index contributed by atoms with van der Waals surface area (Å²) >= 11 is 0. The summed E-state index contributed by atoms with van der Waals surface area (Å²) in [5.41, 5.74) is 0.328. The van der Waals surface area contributed by atoms with Crippen molar-refractivity contribution in [1.82, 2.24) is 0 Å². The van der Waals surface area contributed by atoms with E-state index >= 15 is 0 Å². The number of hydroxylamine groups is 1. The van der Waals surface area contributed by atoms with Gasteiger partial charge in [0.05, 0.1) is 11.2 Å². The molecule has 0 aliphatic rings. The molecule has 0 bridgehead atoms. The van der Waals surface area contributed by atoms with Gasteiger partial charge in [-0.2, -0.15) is 0 Å². The van der Waals surface area contributed by atoms with Gasteiger partial charge in [0.15, 0.2) is 0 Å². The van der Waals surface area contributed by atoms with Crippen molar-refractivity contribution >= 4 is 5.69 Å². The van der Waals surface area contributed by atoms with Gasteiger partial charge in [0.1, 0.15) is 0 Å². The van der Waals surface area contributed by atoms with Crippen LogP contribution in [0.15, 0.2) is 43.0 Å². The third-order valence-corrected chi connectivity index (χ3v) is 2.05. The van der Waals surface area contributed by atoms with Crippen molar-refractivity contribution in [3.05, 3.63) is 43.0 Å². The Morgan fingerprint density at radius 3 is 2.31 bits per heavy atom. The van der Waals surface area contributed by atoms with E-state index in [1.807, 2.05) is 44.2 Å². The summed E-state index contributed by atoms with van der Waals surface area (Å²) in [5.74, 6) is 0. The number of para-hydroxylation sites is 1. The standard InChI is InChI=1S/C11H15NO/c1-4-11(2,3)12(13)10-8-6-5-7-9-10/h4-9,13H,1H2,2-3H3. The van der Waals surface area contributed by atoms with Gasteiger partial charge in [-0.3, -0.25) is 5.21 Å². The first-order chi connectivity index (χ1) is 6.08. The molecule has 1 aromatic carbocycles. The molecule has 0 radical (unpaired) electrons. The Morgan fingerprint density at radius 2 is 1.85 bits per heavy atom. The van der Waals surface area contributed by atoms with E-state index in [0.717, 1.165) is 5.69 Å². The zero-order valence-corrected chi connectivity index (χ0v) is 8.07. The van der Waals surface area contributed by atoms with Crippen molar-refractivity contribution in [2.24, 2.45) is 0 Å². The van der Waals surface area contributed by atoms with Crippen molar-refractivity contribution in [2.75, 3.05) is 5.06 Å². The predicted molar refractivity (Wildman–Crippen MR) is 55.0 cm³/mol. The second kappa shape index (κ2) is 3.62. The molecule has 0 spiro atoms. The van der Waals surface area contributed by atoms with E-state index in [4.69, 9.17) is 0 Å². The number of anilines is 1. The van der Waals surface area contributed by atoms with Gasteiger partial charge in [-0.25, -0.2) is 5.06 Å². The fraction of sp³-hybridized carbons (Fsp3) is 0.273. The van der Waals surface area contributed by atoms with E-state index in [1.54, 1.807) is 6.08 Å². The van der Waals surface area contributed by atoms with Crippen LogP contribution in [0.25, 0.3) is 0 Å². The predicted octanol–water partition coefficient (Wildman–Crippen LogP) is 2.85. The lowest BCUT2D eigenvalue weighted by Gasteiger charge is -2.31. The van der Waals surface area contributed by atoms with Crippen LogP contribution in [-0.4, -0.2) is 10.7 Å². The van der Waals surface area contributed by atoms with Gasteiger partial charge < -0.3 is 0 Å². The first kappa shape index (κ1) is 9.81. The van der Waals surface area contributed by atoms with Crippen molar-refractivity contribution < 1.29 is 5.21 Å². The minimum Gasteiger partial charge on any atom is -0.288 e. The van der Waals surface area contributed by atoms with Gasteiger partial charge >= 0.3 is 0 Å². The summed E-state index contributed by atoms with van der Waals surface area (Å²) in [5, 5.41) is 11.0. The second-order valence-corrected chi connectivity index (χ2v) is 3.51. The van der Waals surface area contributed by atoms with Crippen LogP contribution >= 0.6 is 0 Å². The van der Waals surface area contributed by atoms with Crippen molar-refractivity contribution in [3.8, 4) is 0 Å². The smallest absolute Gasteiger partial charge is 0.0792 e. The number of hydrogen-bond donors (Lipinski definition) is 1. The average molecular weight is 177 g/mol. The van der Waals surface area contributed by atoms with Crippen molar-refractivity contribution in [3.63, 3.8) is 0 Å². The lowest BCUT2D eigenvalue weighted by Crippen LogP contribution is -2.39. The number of hydrogen-bond acceptors (Lipinski definition) is 2. The highest BCUT2D eigenvalue weighted by Gasteiger charge is 2.21. The molecule has 0 heterocycles. The van der Waals surface area contributed by atoms with Crippen LogP contribution in [0.5, 0.6) is 0 Å². The first-order valence-electron chi connectivity index (χ1n) is 4.25. The number of benzene rings is 1. The lowest BCUT2D eigenvalue weighted by atomic mass is 10.1. The van der Waals surface area contributed by atoms with Crippen LogP contribution in [0.3, 0.4) is 0 Å². The van der Waals surface area contributed by atoms with Gasteiger partial charge in [0, 0.05) is 0 Å². The van der Waals surface area contributed by atoms with Crippen LogP contribution in [0.2, 0.25) is 0 Å². The molecule has 0 atom stereocenters. The Kier molecular flexibility index (Phi) is 2.73. The molecular formula is C11H15NO. The molecule has 2 heteroatoms. The molecule has 13 heavy (non-hydrogen) atoms. The summed E-state index contributed by atoms with van der Waals surface area (Å²) < 4.78 is 0. The molecule has 1 aromatic rings. The highest BCUT2D eigenvalue weighted by molar-refractivity contribution is 5.46. The molecule has 0 fully saturated rings. The van der Waals surface area contributed by atoms with Gasteiger partial charge in [-0.1, -0.05) is 24.3 Å². The van der Waals surface area contributed by atoms with Crippen LogP contribution in [0.4, 0.5) is 5.69 Å². The molecule has 1 rings (SSSR count). The zero-order chi connectivity index (χ0) is 9.90. The van der Waals surface area contributed by atoms with Gasteiger partial charge in [0.2, 0.25) is 0 Å². The minimum absolute atomic E-state index is 0.443. The summed E-state index contributed by atoms with van der Waals surface area (Å²) in [4.78, 5) is 0. The van der Waals surface area contributed by atoms with E-state index in [2.05, 4.69) is 6.58 Å². The summed E-state index contributed by atoms with van der Waals surface area (Å²) in [6.45, 7) is 7.47. The third-order valence-electron chi connectivity index (χ3n) is 2.05. The van der Waals surface area contributed by atoms with Crippen LogP contribution in [0, 0.1) is 0 Å². The van der Waals surface area contributed by atoms with E-state index in [1.165, 1.54) is 5.06 Å². The Balaban J connectivity index is 2.91. The third kappa shape index (κ3) is 2.10. The fourth-order valence-corrected chi connectivity index (χ4v) is 0.988. The highest BCUT2D eigenvalue weighted by atomic mass is 16.5. The first-order valence-corrected chi connectivity index (χ1v) is 4.25. The van der Waals surface area contributed by atoms with Crippen molar-refractivity contribution in [2.45, 2.75) is 19.4 Å². The Hall–Kier alpha value is -1.28. The minimum atomic E-state index is -0.443. The average Bonchev–Trinajstić information content (AvgIpc) is 2.18. The maximum atomic E-state index is 9.81. The van der Waals surface area contributed by atoms with E-state index in [-0.39, 0.29) is 0 Å². The molecule has 0 unspecified atom stereocenters. The molecule has 0 saturated carbocycles. The molecule has 2 nitrogen and oxygen atoms in total. The summed E-state index contributed by atoms with van der Waals surface area (Å²) in [6.07, 6.45) is 1.71. The van der Waals surface area contributed by atoms with E-state index in [9.17, 15) is 5.21 Å². The Morgan fingerprint density at radius 1 is 1.31 bits per heavy atom. The van der Waals surface area contributed by atoms with Crippen LogP contribution in [0.1, 0.15) is 13.8 Å². The highest BCUT2D eigenvalue weighted by Crippen LogP contribution is 2.21. The van der Waals surface area contributed by atoms with E-state index in [0.29, 0.717) is 0 Å². The number of rotatable bonds is 3. The summed E-state index contributed by atoms with van der Waals surface area (Å²) in [7, 11) is 0. The van der Waals surface area contributed by atoms with E-state index < -0.39 is 5.54 Å². The molecule has 1 N–H and O–H groups in total. The molecule has 70 valence electrons. The zero-order valence-electron chi connectivity index (χ0n) is 8.07. The fourth-order valence-electron chi connectivity index (χ4n) is 0.988. The molecule has 0 aromatic heterocycles. The normalized spacial score (nSPS) is 11.0. The van der Waals surface area contributed by atoms with Crippen LogP contribution < -0.4 is 5.06 Å². The summed E-state index contributed by atoms with van der Waals surface area (Å²) in [6, 6.07) is 9.39. The lowest BCUT2D eigenvalue weighted by molar-refractivity contribution is 0.196. The van der Waals surface area contributed by atoms with Gasteiger partial charge in [-0.15, -0.1) is 6.58 Å². The topological polar surface area (TPSA) is 23.5 Å². The quantitative estimate of drug-likeness (QED) is 0.567. The van der Waals surface area contributed by atoms with Crippen molar-refractivity contribution in [1.29, 1.82) is 0 Å². The Bertz CT molecular complexity index is 279. The molecule has 0 saturated heterocycles. The SMILES string of the molecule is C=CC(C)(C)N(O)c1ccccc1. The van der Waals surface area contributed by atoms with Crippen LogP contribution in [-0.2, 0) is 0 Å². The largest absolute Gasteiger partial charge is 0.288 e.